The minimum absolute atomic E-state index is 0.704. The van der Waals surface area contributed by atoms with Gasteiger partial charge >= 0.3 is 0 Å². The number of rotatable bonds is 7. The Hall–Kier alpha value is -0.610. The molecule has 0 unspecified atom stereocenters. The fourth-order valence-electron chi connectivity index (χ4n) is 1.25. The van der Waals surface area contributed by atoms with Crippen LogP contribution in [0, 0.1) is 5.92 Å². The maximum absolute atomic E-state index is 5.56. The Morgan fingerprint density at radius 1 is 1.44 bits per heavy atom. The summed E-state index contributed by atoms with van der Waals surface area (Å²) in [6.45, 7) is 7.20. The van der Waals surface area contributed by atoms with Crippen molar-refractivity contribution < 1.29 is 4.74 Å². The van der Waals surface area contributed by atoms with E-state index in [2.05, 4.69) is 40.1 Å². The van der Waals surface area contributed by atoms with Crippen LogP contribution in [0.5, 0.6) is 5.75 Å². The first kappa shape index (κ1) is 13.5. The number of ether oxygens (including phenoxy) is 1. The lowest BCUT2D eigenvalue weighted by atomic mass is 10.2. The molecule has 4 heteroatoms. The molecule has 0 amide bonds. The number of aromatic nitrogens is 1. The van der Waals surface area contributed by atoms with Gasteiger partial charge in [0.25, 0.3) is 0 Å². The van der Waals surface area contributed by atoms with Crippen molar-refractivity contribution >= 4 is 15.9 Å². The summed E-state index contributed by atoms with van der Waals surface area (Å²) >= 11 is 3.36. The first-order valence-electron chi connectivity index (χ1n) is 5.62. The molecule has 1 rings (SSSR count). The molecule has 0 aliphatic heterocycles. The molecule has 0 fully saturated rings. The highest BCUT2D eigenvalue weighted by Crippen LogP contribution is 2.15. The van der Waals surface area contributed by atoms with Crippen molar-refractivity contribution in [3.05, 3.63) is 22.9 Å². The van der Waals surface area contributed by atoms with Crippen molar-refractivity contribution in [3.63, 3.8) is 0 Å². The molecule has 1 heterocycles. The van der Waals surface area contributed by atoms with Crippen LogP contribution in [0.3, 0.4) is 0 Å². The fraction of sp³-hybridized carbons (Fsp3) is 0.583. The first-order chi connectivity index (χ1) is 7.68. The standard InChI is InChI=1S/C12H19BrN2O/c1-10(2)7-14-4-3-5-16-12-6-11(13)8-15-9-12/h6,8-10,14H,3-5,7H2,1-2H3. The summed E-state index contributed by atoms with van der Waals surface area (Å²) in [6.07, 6.45) is 4.49. The average molecular weight is 287 g/mol. The van der Waals surface area contributed by atoms with Crippen LogP contribution in [0.15, 0.2) is 22.9 Å². The Morgan fingerprint density at radius 3 is 2.94 bits per heavy atom. The second kappa shape index (κ2) is 7.63. The van der Waals surface area contributed by atoms with E-state index in [1.807, 2.05) is 6.07 Å². The lowest BCUT2D eigenvalue weighted by Crippen LogP contribution is -2.22. The topological polar surface area (TPSA) is 34.1 Å². The zero-order valence-corrected chi connectivity index (χ0v) is 11.5. The van der Waals surface area contributed by atoms with Crippen LogP contribution >= 0.6 is 15.9 Å². The third kappa shape index (κ3) is 6.08. The van der Waals surface area contributed by atoms with Crippen LogP contribution in [0.1, 0.15) is 20.3 Å². The Bertz CT molecular complexity index is 305. The van der Waals surface area contributed by atoms with Crippen molar-refractivity contribution in [1.82, 2.24) is 10.3 Å². The number of nitrogens with zero attached hydrogens (tertiary/aromatic N) is 1. The van der Waals surface area contributed by atoms with E-state index in [9.17, 15) is 0 Å². The monoisotopic (exact) mass is 286 g/mol. The fourth-order valence-corrected chi connectivity index (χ4v) is 1.59. The molecule has 3 nitrogen and oxygen atoms in total. The van der Waals surface area contributed by atoms with Gasteiger partial charge in [-0.15, -0.1) is 0 Å². The molecule has 0 aliphatic carbocycles. The number of pyridine rings is 1. The van der Waals surface area contributed by atoms with Gasteiger partial charge in [-0.25, -0.2) is 0 Å². The van der Waals surface area contributed by atoms with Crippen LogP contribution in [-0.2, 0) is 0 Å². The molecular weight excluding hydrogens is 268 g/mol. The van der Waals surface area contributed by atoms with Gasteiger partial charge in [0.2, 0.25) is 0 Å². The van der Waals surface area contributed by atoms with E-state index in [4.69, 9.17) is 4.74 Å². The van der Waals surface area contributed by atoms with Gasteiger partial charge in [0.15, 0.2) is 0 Å². The first-order valence-corrected chi connectivity index (χ1v) is 6.42. The summed E-state index contributed by atoms with van der Waals surface area (Å²) in [5, 5.41) is 3.38. The van der Waals surface area contributed by atoms with Crippen LogP contribution in [0.2, 0.25) is 0 Å². The van der Waals surface area contributed by atoms with Crippen molar-refractivity contribution in [3.8, 4) is 5.75 Å². The third-order valence-corrected chi connectivity index (χ3v) is 2.43. The van der Waals surface area contributed by atoms with E-state index < -0.39 is 0 Å². The molecule has 0 saturated heterocycles. The zero-order chi connectivity index (χ0) is 11.8. The van der Waals surface area contributed by atoms with E-state index in [0.717, 1.165) is 36.3 Å². The predicted molar refractivity (Wildman–Crippen MR) is 69.8 cm³/mol. The van der Waals surface area contributed by atoms with E-state index in [-0.39, 0.29) is 0 Å². The summed E-state index contributed by atoms with van der Waals surface area (Å²) < 4.78 is 6.51. The van der Waals surface area contributed by atoms with E-state index in [1.165, 1.54) is 0 Å². The molecule has 0 bridgehead atoms. The summed E-state index contributed by atoms with van der Waals surface area (Å²) in [4.78, 5) is 4.03. The quantitative estimate of drug-likeness (QED) is 0.783. The van der Waals surface area contributed by atoms with Crippen LogP contribution < -0.4 is 10.1 Å². The highest BCUT2D eigenvalue weighted by molar-refractivity contribution is 9.10. The Labute approximate surface area is 106 Å². The van der Waals surface area contributed by atoms with Gasteiger partial charge in [-0.3, -0.25) is 4.98 Å². The Balaban J connectivity index is 2.07. The molecule has 90 valence electrons. The van der Waals surface area contributed by atoms with Crippen molar-refractivity contribution in [1.29, 1.82) is 0 Å². The Kier molecular flexibility index (Phi) is 6.42. The molecule has 0 spiro atoms. The van der Waals surface area contributed by atoms with Crippen molar-refractivity contribution in [2.24, 2.45) is 5.92 Å². The van der Waals surface area contributed by atoms with Gasteiger partial charge in [0.05, 0.1) is 12.8 Å². The van der Waals surface area contributed by atoms with Gasteiger partial charge in [-0.2, -0.15) is 0 Å². The number of halogens is 1. The molecule has 0 radical (unpaired) electrons. The lowest BCUT2D eigenvalue weighted by molar-refractivity contribution is 0.305. The summed E-state index contributed by atoms with van der Waals surface area (Å²) in [6, 6.07) is 1.93. The minimum Gasteiger partial charge on any atom is -0.492 e. The molecule has 0 aromatic carbocycles. The second-order valence-corrected chi connectivity index (χ2v) is 5.05. The lowest BCUT2D eigenvalue weighted by Gasteiger charge is -2.08. The van der Waals surface area contributed by atoms with Gasteiger partial charge in [-0.1, -0.05) is 13.8 Å². The van der Waals surface area contributed by atoms with Crippen molar-refractivity contribution in [2.75, 3.05) is 19.7 Å². The zero-order valence-electron chi connectivity index (χ0n) is 9.87. The van der Waals surface area contributed by atoms with Gasteiger partial charge in [0.1, 0.15) is 5.75 Å². The van der Waals surface area contributed by atoms with Gasteiger partial charge in [-0.05, 0) is 47.4 Å². The third-order valence-electron chi connectivity index (χ3n) is 2.00. The van der Waals surface area contributed by atoms with E-state index in [0.29, 0.717) is 5.92 Å². The number of nitrogens with one attached hydrogen (secondary N) is 1. The minimum atomic E-state index is 0.704. The molecular formula is C12H19BrN2O. The van der Waals surface area contributed by atoms with Crippen LogP contribution in [0.4, 0.5) is 0 Å². The SMILES string of the molecule is CC(C)CNCCCOc1cncc(Br)c1. The van der Waals surface area contributed by atoms with E-state index >= 15 is 0 Å². The maximum atomic E-state index is 5.56. The smallest absolute Gasteiger partial charge is 0.138 e. The summed E-state index contributed by atoms with van der Waals surface area (Å²) in [7, 11) is 0. The highest BCUT2D eigenvalue weighted by atomic mass is 79.9. The van der Waals surface area contributed by atoms with Crippen LogP contribution in [0.25, 0.3) is 0 Å². The number of hydrogen-bond donors (Lipinski definition) is 1. The normalized spacial score (nSPS) is 10.8. The molecule has 1 N–H and O–H groups in total. The summed E-state index contributed by atoms with van der Waals surface area (Å²) in [5.41, 5.74) is 0. The Morgan fingerprint density at radius 2 is 2.25 bits per heavy atom. The van der Waals surface area contributed by atoms with Crippen LogP contribution in [-0.4, -0.2) is 24.7 Å². The summed E-state index contributed by atoms with van der Waals surface area (Å²) in [5.74, 6) is 1.52. The van der Waals surface area contributed by atoms with Gasteiger partial charge < -0.3 is 10.1 Å². The highest BCUT2D eigenvalue weighted by Gasteiger charge is 1.96. The molecule has 0 aliphatic rings. The average Bonchev–Trinajstić information content (AvgIpc) is 2.23. The predicted octanol–water partition coefficient (Wildman–Crippen LogP) is 2.86. The molecule has 1 aromatic heterocycles. The maximum Gasteiger partial charge on any atom is 0.138 e. The van der Waals surface area contributed by atoms with Gasteiger partial charge in [0, 0.05) is 10.7 Å². The van der Waals surface area contributed by atoms with E-state index in [1.54, 1.807) is 12.4 Å². The molecule has 16 heavy (non-hydrogen) atoms. The number of hydrogen-bond acceptors (Lipinski definition) is 3. The largest absolute Gasteiger partial charge is 0.492 e. The molecule has 0 saturated carbocycles. The second-order valence-electron chi connectivity index (χ2n) is 4.14. The molecule has 1 aromatic rings. The molecule has 0 atom stereocenters. The van der Waals surface area contributed by atoms with Crippen molar-refractivity contribution in [2.45, 2.75) is 20.3 Å².